The maximum Gasteiger partial charge on any atom is 0.269 e. The Morgan fingerprint density at radius 2 is 1.92 bits per heavy atom. The molecule has 0 aliphatic rings. The summed E-state index contributed by atoms with van der Waals surface area (Å²) in [4.78, 5) is 17.9. The minimum atomic E-state index is -0.421. The summed E-state index contributed by atoms with van der Waals surface area (Å²) in [5.41, 5.74) is 3.95. The molecule has 37 heavy (non-hydrogen) atoms. The predicted molar refractivity (Wildman–Crippen MR) is 156 cm³/mol. The summed E-state index contributed by atoms with van der Waals surface area (Å²) < 4.78 is 12.3. The molecular formula is C27H21Cl2N3O3S2. The summed E-state index contributed by atoms with van der Waals surface area (Å²) in [5, 5.41) is 7.50. The predicted octanol–water partition coefficient (Wildman–Crippen LogP) is 8.28. The fourth-order valence-corrected chi connectivity index (χ4v) is 5.76. The second kappa shape index (κ2) is 10.3. The van der Waals surface area contributed by atoms with Gasteiger partial charge < -0.3 is 14.5 Å². The average Bonchev–Trinajstić information content (AvgIpc) is 3.44. The number of carbonyl (C=O) groups excluding carboxylic acids is 1. The second-order valence-electron chi connectivity index (χ2n) is 8.61. The minimum absolute atomic E-state index is 0.0890. The van der Waals surface area contributed by atoms with Crippen LogP contribution in [0.3, 0.4) is 0 Å². The van der Waals surface area contributed by atoms with Gasteiger partial charge in [-0.15, -0.1) is 11.3 Å². The minimum Gasteiger partial charge on any atom is -0.495 e. The third-order valence-electron chi connectivity index (χ3n) is 5.80. The maximum absolute atomic E-state index is 12.9. The number of thiocarbonyl (C=S) groups is 1. The molecule has 2 N–H and O–H groups in total. The Morgan fingerprint density at radius 3 is 2.68 bits per heavy atom. The Morgan fingerprint density at radius 1 is 1.11 bits per heavy atom. The topological polar surface area (TPSA) is 76.4 Å². The number of methoxy groups -OCH3 is 1. The molecule has 0 bridgehead atoms. The number of thiophene rings is 1. The summed E-state index contributed by atoms with van der Waals surface area (Å²) >= 11 is 19.2. The Bertz CT molecular complexity index is 1680. The molecule has 0 fully saturated rings. The van der Waals surface area contributed by atoms with Crippen molar-refractivity contribution >= 4 is 84.6 Å². The van der Waals surface area contributed by atoms with Crippen LogP contribution in [-0.4, -0.2) is 23.1 Å². The maximum atomic E-state index is 12.9. The van der Waals surface area contributed by atoms with Crippen molar-refractivity contribution in [1.82, 2.24) is 10.3 Å². The van der Waals surface area contributed by atoms with Crippen LogP contribution in [0.4, 0.5) is 5.69 Å². The van der Waals surface area contributed by atoms with E-state index in [1.807, 2.05) is 24.3 Å². The number of nitrogens with zero attached hydrogens (tertiary/aromatic N) is 1. The molecule has 3 aromatic carbocycles. The van der Waals surface area contributed by atoms with E-state index in [-0.39, 0.29) is 5.11 Å². The number of benzene rings is 3. The molecule has 0 aliphatic carbocycles. The summed E-state index contributed by atoms with van der Waals surface area (Å²) in [5.74, 6) is 0.966. The zero-order chi connectivity index (χ0) is 26.3. The molecule has 1 amide bonds. The van der Waals surface area contributed by atoms with Crippen molar-refractivity contribution in [2.24, 2.45) is 0 Å². The van der Waals surface area contributed by atoms with Crippen molar-refractivity contribution in [2.75, 3.05) is 12.4 Å². The van der Waals surface area contributed by atoms with Crippen molar-refractivity contribution in [1.29, 1.82) is 0 Å². The van der Waals surface area contributed by atoms with Gasteiger partial charge in [-0.3, -0.25) is 10.1 Å². The first-order valence-electron chi connectivity index (χ1n) is 11.3. The molecular weight excluding hydrogens is 549 g/mol. The van der Waals surface area contributed by atoms with E-state index in [4.69, 9.17) is 44.6 Å². The first kappa shape index (κ1) is 25.5. The number of hydrogen-bond acceptors (Lipinski definition) is 6. The van der Waals surface area contributed by atoms with Crippen LogP contribution in [0, 0.1) is 0 Å². The van der Waals surface area contributed by atoms with Crippen LogP contribution in [0.2, 0.25) is 10.0 Å². The average molecular weight is 571 g/mol. The second-order valence-corrected chi connectivity index (χ2v) is 10.9. The van der Waals surface area contributed by atoms with E-state index in [2.05, 4.69) is 29.5 Å². The van der Waals surface area contributed by atoms with Gasteiger partial charge in [0.1, 0.15) is 16.1 Å². The van der Waals surface area contributed by atoms with E-state index in [1.54, 1.807) is 37.4 Å². The molecule has 6 nitrogen and oxygen atoms in total. The van der Waals surface area contributed by atoms with Gasteiger partial charge in [0, 0.05) is 20.7 Å². The van der Waals surface area contributed by atoms with Gasteiger partial charge in [0.05, 0.1) is 17.8 Å². The molecule has 188 valence electrons. The summed E-state index contributed by atoms with van der Waals surface area (Å²) in [6, 6.07) is 16.7. The lowest BCUT2D eigenvalue weighted by Gasteiger charge is -2.13. The van der Waals surface area contributed by atoms with E-state index in [1.165, 1.54) is 16.9 Å². The number of hydrogen-bond donors (Lipinski definition) is 2. The van der Waals surface area contributed by atoms with E-state index >= 15 is 0 Å². The van der Waals surface area contributed by atoms with Gasteiger partial charge in [-0.05, 0) is 66.2 Å². The van der Waals surface area contributed by atoms with Gasteiger partial charge in [0.15, 0.2) is 10.7 Å². The number of anilines is 1. The number of oxazole rings is 1. The zero-order valence-electron chi connectivity index (χ0n) is 20.0. The standard InChI is InChI=1S/C27H21Cl2N3O3S2/c1-13(2)14-4-9-21-19(10-14)30-26(35-21)15-5-8-20(34-3)18(11-15)31-27(36)32-25(33)24-23(29)17-7-6-16(28)12-22(17)37-24/h4-13H,1-3H3,(H2,31,32,33,36). The van der Waals surface area contributed by atoms with Gasteiger partial charge in [-0.1, -0.05) is 49.2 Å². The lowest BCUT2D eigenvalue weighted by atomic mass is 10.0. The third-order valence-corrected chi connectivity index (χ3v) is 7.89. The molecule has 10 heteroatoms. The van der Waals surface area contributed by atoms with Gasteiger partial charge in [-0.2, -0.15) is 0 Å². The highest BCUT2D eigenvalue weighted by molar-refractivity contribution is 7.80. The largest absolute Gasteiger partial charge is 0.495 e. The molecule has 0 unspecified atom stereocenters. The van der Waals surface area contributed by atoms with Gasteiger partial charge in [0.2, 0.25) is 5.89 Å². The Labute approximate surface area is 232 Å². The number of halogens is 2. The SMILES string of the molecule is COc1ccc(-c2nc3cc(C(C)C)ccc3o2)cc1NC(=S)NC(=O)c1sc2cc(Cl)ccc2c1Cl. The smallest absolute Gasteiger partial charge is 0.269 e. The number of rotatable bonds is 5. The Hall–Kier alpha value is -3.17. The number of amides is 1. The third kappa shape index (κ3) is 5.15. The molecule has 0 atom stereocenters. The first-order chi connectivity index (χ1) is 17.7. The summed E-state index contributed by atoms with van der Waals surface area (Å²) in [6.07, 6.45) is 0. The number of aromatic nitrogens is 1. The fourth-order valence-electron chi connectivity index (χ4n) is 3.86. The number of nitrogens with one attached hydrogen (secondary N) is 2. The molecule has 0 spiro atoms. The molecule has 0 saturated carbocycles. The van der Waals surface area contributed by atoms with Crippen molar-refractivity contribution in [3.63, 3.8) is 0 Å². The Kier molecular flexibility index (Phi) is 7.09. The molecule has 5 aromatic rings. The van der Waals surface area contributed by atoms with E-state index in [9.17, 15) is 4.79 Å². The van der Waals surface area contributed by atoms with Crippen molar-refractivity contribution in [2.45, 2.75) is 19.8 Å². The molecule has 0 saturated heterocycles. The normalized spacial score (nSPS) is 11.3. The highest BCUT2D eigenvalue weighted by Gasteiger charge is 2.19. The van der Waals surface area contributed by atoms with E-state index in [0.29, 0.717) is 43.8 Å². The number of fused-ring (bicyclic) bond motifs is 2. The molecule has 0 radical (unpaired) electrons. The van der Waals surface area contributed by atoms with Crippen LogP contribution in [0.1, 0.15) is 35.0 Å². The van der Waals surface area contributed by atoms with Crippen LogP contribution >= 0.6 is 46.8 Å². The van der Waals surface area contributed by atoms with Crippen molar-refractivity contribution < 1.29 is 13.9 Å². The molecule has 0 aliphatic heterocycles. The number of carbonyl (C=O) groups is 1. The first-order valence-corrected chi connectivity index (χ1v) is 13.3. The summed E-state index contributed by atoms with van der Waals surface area (Å²) in [6.45, 7) is 4.27. The number of ether oxygens (including phenoxy) is 1. The van der Waals surface area contributed by atoms with Crippen LogP contribution in [0.25, 0.3) is 32.6 Å². The molecule has 2 aromatic heterocycles. The molecule has 5 rings (SSSR count). The highest BCUT2D eigenvalue weighted by atomic mass is 35.5. The Balaban J connectivity index is 1.38. The van der Waals surface area contributed by atoms with Gasteiger partial charge >= 0.3 is 0 Å². The lowest BCUT2D eigenvalue weighted by molar-refractivity contribution is 0.0982. The van der Waals surface area contributed by atoms with Crippen LogP contribution in [0.5, 0.6) is 5.75 Å². The highest BCUT2D eigenvalue weighted by Crippen LogP contribution is 2.37. The lowest BCUT2D eigenvalue weighted by Crippen LogP contribution is -2.33. The van der Waals surface area contributed by atoms with Gasteiger partial charge in [-0.25, -0.2) is 4.98 Å². The van der Waals surface area contributed by atoms with Crippen molar-refractivity contribution in [3.05, 3.63) is 75.1 Å². The fraction of sp³-hybridized carbons (Fsp3) is 0.148. The van der Waals surface area contributed by atoms with E-state index in [0.717, 1.165) is 21.2 Å². The quantitative estimate of drug-likeness (QED) is 0.207. The summed E-state index contributed by atoms with van der Waals surface area (Å²) in [7, 11) is 1.55. The van der Waals surface area contributed by atoms with Crippen molar-refractivity contribution in [3.8, 4) is 17.2 Å². The van der Waals surface area contributed by atoms with Crippen LogP contribution in [-0.2, 0) is 0 Å². The van der Waals surface area contributed by atoms with E-state index < -0.39 is 5.91 Å². The monoisotopic (exact) mass is 569 g/mol. The molecule has 2 heterocycles. The van der Waals surface area contributed by atoms with Crippen LogP contribution < -0.4 is 15.4 Å². The van der Waals surface area contributed by atoms with Gasteiger partial charge in [0.25, 0.3) is 5.91 Å². The zero-order valence-corrected chi connectivity index (χ0v) is 23.2. The van der Waals surface area contributed by atoms with Crippen LogP contribution in [0.15, 0.2) is 59.0 Å².